The fourth-order valence-corrected chi connectivity index (χ4v) is 2.09. The minimum Gasteiger partial charge on any atom is -0.493 e. The summed E-state index contributed by atoms with van der Waals surface area (Å²) in [6.45, 7) is 4.61. The van der Waals surface area contributed by atoms with Crippen molar-refractivity contribution in [3.63, 3.8) is 0 Å². The molecule has 0 aliphatic rings. The van der Waals surface area contributed by atoms with Gasteiger partial charge in [-0.2, -0.15) is 15.2 Å². The van der Waals surface area contributed by atoms with Crippen LogP contribution in [0.5, 0.6) is 5.75 Å². The van der Waals surface area contributed by atoms with E-state index in [4.69, 9.17) is 4.74 Å². The van der Waals surface area contributed by atoms with Gasteiger partial charge in [0.25, 0.3) is 0 Å². The molecular formula is C17H23N5O2. The van der Waals surface area contributed by atoms with Gasteiger partial charge in [-0.1, -0.05) is 38.3 Å². The molecule has 0 bridgehead atoms. The van der Waals surface area contributed by atoms with E-state index in [0.717, 1.165) is 17.7 Å². The molecule has 7 heteroatoms. The normalized spacial score (nSPS) is 10.9. The van der Waals surface area contributed by atoms with Crippen LogP contribution in [0.4, 0.5) is 5.82 Å². The van der Waals surface area contributed by atoms with E-state index >= 15 is 0 Å². The van der Waals surface area contributed by atoms with Crippen LogP contribution >= 0.6 is 0 Å². The molecule has 24 heavy (non-hydrogen) atoms. The van der Waals surface area contributed by atoms with E-state index in [1.165, 1.54) is 19.3 Å². The minimum absolute atomic E-state index is 0.327. The first-order valence-electron chi connectivity index (χ1n) is 8.15. The van der Waals surface area contributed by atoms with Crippen LogP contribution in [0.2, 0.25) is 0 Å². The van der Waals surface area contributed by atoms with E-state index in [2.05, 4.69) is 32.6 Å². The lowest BCUT2D eigenvalue weighted by atomic mass is 10.2. The van der Waals surface area contributed by atoms with Gasteiger partial charge in [-0.3, -0.25) is 5.43 Å². The van der Waals surface area contributed by atoms with Crippen LogP contribution in [0.3, 0.4) is 0 Å². The van der Waals surface area contributed by atoms with Crippen molar-refractivity contribution in [3.8, 4) is 5.75 Å². The highest BCUT2D eigenvalue weighted by atomic mass is 16.5. The van der Waals surface area contributed by atoms with Gasteiger partial charge in [0.15, 0.2) is 5.82 Å². The number of para-hydroxylation sites is 1. The number of nitrogens with one attached hydrogen (secondary N) is 2. The van der Waals surface area contributed by atoms with E-state index in [0.29, 0.717) is 18.1 Å². The van der Waals surface area contributed by atoms with E-state index < -0.39 is 5.69 Å². The van der Waals surface area contributed by atoms with Crippen molar-refractivity contribution in [3.05, 3.63) is 46.0 Å². The number of aromatic amines is 1. The van der Waals surface area contributed by atoms with Gasteiger partial charge in [0.05, 0.1) is 12.8 Å². The highest BCUT2D eigenvalue weighted by Gasteiger charge is 2.02. The van der Waals surface area contributed by atoms with Gasteiger partial charge in [-0.25, -0.2) is 9.89 Å². The molecule has 128 valence electrons. The predicted molar refractivity (Wildman–Crippen MR) is 94.7 cm³/mol. The lowest BCUT2D eigenvalue weighted by Crippen LogP contribution is -2.15. The maximum atomic E-state index is 11.2. The molecule has 1 aromatic carbocycles. The molecule has 0 saturated carbocycles. The highest BCUT2D eigenvalue weighted by Crippen LogP contribution is 2.16. The summed E-state index contributed by atoms with van der Waals surface area (Å²) in [6.07, 6.45) is 6.30. The number of aryl methyl sites for hydroxylation is 1. The summed E-state index contributed by atoms with van der Waals surface area (Å²) in [6, 6.07) is 7.68. The topological polar surface area (TPSA) is 92.3 Å². The van der Waals surface area contributed by atoms with Gasteiger partial charge in [0.2, 0.25) is 0 Å². The Balaban J connectivity index is 1.96. The second-order valence-corrected chi connectivity index (χ2v) is 5.39. The van der Waals surface area contributed by atoms with Crippen molar-refractivity contribution in [2.45, 2.75) is 39.5 Å². The quantitative estimate of drug-likeness (QED) is 0.419. The zero-order valence-electron chi connectivity index (χ0n) is 14.1. The minimum atomic E-state index is -0.519. The summed E-state index contributed by atoms with van der Waals surface area (Å²) in [7, 11) is 0. The highest BCUT2D eigenvalue weighted by molar-refractivity contribution is 5.83. The van der Waals surface area contributed by atoms with Crippen LogP contribution in [-0.4, -0.2) is 28.0 Å². The summed E-state index contributed by atoms with van der Waals surface area (Å²) in [5, 5.41) is 10.2. The molecule has 1 aromatic heterocycles. The lowest BCUT2D eigenvalue weighted by molar-refractivity contribution is 0.304. The standard InChI is InChI=1S/C17H23N5O2/c1-3-4-5-8-11-24-15-10-7-6-9-14(15)12-18-21-16-13(2)20-22-17(23)19-16/h6-7,9-10,12H,3-5,8,11H2,1-2H3,(H2,19,21,22,23)/b18-12-. The van der Waals surface area contributed by atoms with E-state index in [-0.39, 0.29) is 0 Å². The molecule has 0 fully saturated rings. The number of hydrazone groups is 1. The van der Waals surface area contributed by atoms with Crippen LogP contribution in [0.1, 0.15) is 43.9 Å². The molecule has 2 N–H and O–H groups in total. The zero-order valence-corrected chi connectivity index (χ0v) is 14.1. The average Bonchev–Trinajstić information content (AvgIpc) is 2.59. The number of benzene rings is 1. The number of H-pyrrole nitrogens is 1. The SMILES string of the molecule is CCCCCCOc1ccccc1/C=N\Nc1nc(=O)[nH]nc1C. The molecule has 0 spiro atoms. The number of anilines is 1. The van der Waals surface area contributed by atoms with Crippen LogP contribution in [0.15, 0.2) is 34.2 Å². The number of unbranched alkanes of at least 4 members (excludes halogenated alkanes) is 3. The Morgan fingerprint density at radius 1 is 1.29 bits per heavy atom. The number of hydrogen-bond donors (Lipinski definition) is 2. The molecule has 0 aliphatic carbocycles. The van der Waals surface area contributed by atoms with Crippen LogP contribution in [-0.2, 0) is 0 Å². The predicted octanol–water partition coefficient (Wildman–Crippen LogP) is 2.88. The van der Waals surface area contributed by atoms with Crippen molar-refractivity contribution in [1.82, 2.24) is 15.2 Å². The number of hydrogen-bond acceptors (Lipinski definition) is 6. The Bertz CT molecular complexity index is 727. The molecule has 7 nitrogen and oxygen atoms in total. The number of ether oxygens (including phenoxy) is 1. The van der Waals surface area contributed by atoms with Crippen molar-refractivity contribution >= 4 is 12.0 Å². The molecular weight excluding hydrogens is 306 g/mol. The third-order valence-electron chi connectivity index (χ3n) is 3.42. The zero-order chi connectivity index (χ0) is 17.2. The van der Waals surface area contributed by atoms with Crippen molar-refractivity contribution in [2.75, 3.05) is 12.0 Å². The molecule has 0 unspecified atom stereocenters. The average molecular weight is 329 g/mol. The molecule has 1 heterocycles. The third-order valence-corrected chi connectivity index (χ3v) is 3.42. The van der Waals surface area contributed by atoms with Crippen LogP contribution in [0.25, 0.3) is 0 Å². The van der Waals surface area contributed by atoms with E-state index in [1.807, 2.05) is 24.3 Å². The second kappa shape index (κ2) is 9.44. The maximum Gasteiger partial charge on any atom is 0.363 e. The van der Waals surface area contributed by atoms with Crippen LogP contribution in [0, 0.1) is 6.92 Å². The second-order valence-electron chi connectivity index (χ2n) is 5.39. The van der Waals surface area contributed by atoms with Gasteiger partial charge in [0, 0.05) is 5.56 Å². The Hall–Kier alpha value is -2.70. The lowest BCUT2D eigenvalue weighted by Gasteiger charge is -2.08. The fraction of sp³-hybridized carbons (Fsp3) is 0.412. The molecule has 0 saturated heterocycles. The van der Waals surface area contributed by atoms with Crippen molar-refractivity contribution < 1.29 is 4.74 Å². The van der Waals surface area contributed by atoms with E-state index in [9.17, 15) is 4.79 Å². The van der Waals surface area contributed by atoms with Crippen LogP contribution < -0.4 is 15.9 Å². The Morgan fingerprint density at radius 2 is 2.12 bits per heavy atom. The molecule has 2 rings (SSSR count). The van der Waals surface area contributed by atoms with Gasteiger partial charge < -0.3 is 4.74 Å². The third kappa shape index (κ3) is 5.49. The monoisotopic (exact) mass is 329 g/mol. The van der Waals surface area contributed by atoms with Gasteiger partial charge in [-0.15, -0.1) is 0 Å². The molecule has 2 aromatic rings. The first kappa shape index (κ1) is 17.7. The fourth-order valence-electron chi connectivity index (χ4n) is 2.09. The Labute approximate surface area is 141 Å². The summed E-state index contributed by atoms with van der Waals surface area (Å²) in [5.74, 6) is 1.11. The largest absolute Gasteiger partial charge is 0.493 e. The van der Waals surface area contributed by atoms with E-state index in [1.54, 1.807) is 13.1 Å². The van der Waals surface area contributed by atoms with Gasteiger partial charge in [0.1, 0.15) is 11.4 Å². The number of aromatic nitrogens is 3. The van der Waals surface area contributed by atoms with Gasteiger partial charge >= 0.3 is 5.69 Å². The number of nitrogens with zero attached hydrogens (tertiary/aromatic N) is 3. The molecule has 0 atom stereocenters. The smallest absolute Gasteiger partial charge is 0.363 e. The molecule has 0 radical (unpaired) electrons. The molecule has 0 aliphatic heterocycles. The Morgan fingerprint density at radius 3 is 2.96 bits per heavy atom. The van der Waals surface area contributed by atoms with Gasteiger partial charge in [-0.05, 0) is 25.5 Å². The Kier molecular flexibility index (Phi) is 6.94. The summed E-state index contributed by atoms with van der Waals surface area (Å²) < 4.78 is 5.83. The van der Waals surface area contributed by atoms with Crippen molar-refractivity contribution in [1.29, 1.82) is 0 Å². The number of rotatable bonds is 9. The first-order chi connectivity index (χ1) is 11.7. The summed E-state index contributed by atoms with van der Waals surface area (Å²) >= 11 is 0. The first-order valence-corrected chi connectivity index (χ1v) is 8.15. The maximum absolute atomic E-state index is 11.2. The summed E-state index contributed by atoms with van der Waals surface area (Å²) in [4.78, 5) is 15.0. The molecule has 0 amide bonds. The summed E-state index contributed by atoms with van der Waals surface area (Å²) in [5.41, 5.74) is 3.63. The van der Waals surface area contributed by atoms with Crippen molar-refractivity contribution in [2.24, 2.45) is 5.10 Å².